The molecule has 0 saturated heterocycles. The van der Waals surface area contributed by atoms with E-state index in [0.717, 1.165) is 53.5 Å². The molecule has 0 fully saturated rings. The molecular formula is C22H21F3N4. The van der Waals surface area contributed by atoms with Gasteiger partial charge in [0.05, 0.1) is 5.56 Å². The highest BCUT2D eigenvalue weighted by atomic mass is 19.4. The Hall–Kier alpha value is -3.06. The number of alkyl halides is 3. The van der Waals surface area contributed by atoms with Gasteiger partial charge in [-0.15, -0.1) is 0 Å². The first kappa shape index (κ1) is 19.3. The standard InChI is InChI=1S/C22H21F3N4/c23-22(24,25)18-8-6-16(7-9-18)14-29-11-10-26-20-12-21(27-13-17(20)15-29)28-19-4-2-1-3-5-19/h1-9,12-13,26H,10-11,14-15H2,(H,27,28). The maximum atomic E-state index is 12.7. The van der Waals surface area contributed by atoms with Gasteiger partial charge in [0, 0.05) is 55.4 Å². The minimum atomic E-state index is -4.30. The predicted octanol–water partition coefficient (Wildman–Crippen LogP) is 5.27. The van der Waals surface area contributed by atoms with Crippen LogP contribution in [-0.2, 0) is 19.3 Å². The quantitative estimate of drug-likeness (QED) is 0.628. The van der Waals surface area contributed by atoms with Crippen LogP contribution in [0.2, 0.25) is 0 Å². The van der Waals surface area contributed by atoms with E-state index >= 15 is 0 Å². The Morgan fingerprint density at radius 3 is 2.52 bits per heavy atom. The topological polar surface area (TPSA) is 40.2 Å². The zero-order chi connectivity index (χ0) is 20.3. The van der Waals surface area contributed by atoms with Gasteiger partial charge in [-0.3, -0.25) is 4.90 Å². The minimum absolute atomic E-state index is 0.587. The highest BCUT2D eigenvalue weighted by Crippen LogP contribution is 2.30. The van der Waals surface area contributed by atoms with Gasteiger partial charge < -0.3 is 10.6 Å². The Balaban J connectivity index is 1.44. The summed E-state index contributed by atoms with van der Waals surface area (Å²) in [5.74, 6) is 0.763. The van der Waals surface area contributed by atoms with Crippen molar-refractivity contribution in [2.75, 3.05) is 23.7 Å². The van der Waals surface area contributed by atoms with Crippen molar-refractivity contribution in [3.05, 3.63) is 83.6 Å². The Morgan fingerprint density at radius 1 is 1.03 bits per heavy atom. The van der Waals surface area contributed by atoms with Crippen LogP contribution < -0.4 is 10.6 Å². The molecule has 4 rings (SSSR count). The van der Waals surface area contributed by atoms with Gasteiger partial charge >= 0.3 is 6.18 Å². The summed E-state index contributed by atoms with van der Waals surface area (Å²) in [5, 5.41) is 6.71. The zero-order valence-corrected chi connectivity index (χ0v) is 15.7. The van der Waals surface area contributed by atoms with Crippen LogP contribution in [0.3, 0.4) is 0 Å². The summed E-state index contributed by atoms with van der Waals surface area (Å²) in [6, 6.07) is 17.2. The first-order valence-corrected chi connectivity index (χ1v) is 9.41. The lowest BCUT2D eigenvalue weighted by Gasteiger charge is -2.20. The molecule has 2 heterocycles. The number of anilines is 3. The third-order valence-electron chi connectivity index (χ3n) is 4.86. The monoisotopic (exact) mass is 398 g/mol. The number of aromatic nitrogens is 1. The molecule has 1 aliphatic rings. The van der Waals surface area contributed by atoms with Crippen LogP contribution in [0.15, 0.2) is 66.9 Å². The second kappa shape index (κ2) is 8.13. The van der Waals surface area contributed by atoms with Crippen molar-refractivity contribution in [1.29, 1.82) is 0 Å². The summed E-state index contributed by atoms with van der Waals surface area (Å²) in [5.41, 5.74) is 3.29. The van der Waals surface area contributed by atoms with Crippen LogP contribution in [-0.4, -0.2) is 23.0 Å². The van der Waals surface area contributed by atoms with E-state index < -0.39 is 11.7 Å². The highest BCUT2D eigenvalue weighted by molar-refractivity contribution is 5.63. The van der Waals surface area contributed by atoms with Crippen molar-refractivity contribution in [2.45, 2.75) is 19.3 Å². The molecule has 0 radical (unpaired) electrons. The summed E-state index contributed by atoms with van der Waals surface area (Å²) in [4.78, 5) is 6.71. The van der Waals surface area contributed by atoms with Gasteiger partial charge in [0.15, 0.2) is 0 Å². The van der Waals surface area contributed by atoms with Gasteiger partial charge in [0.2, 0.25) is 0 Å². The van der Waals surface area contributed by atoms with E-state index in [2.05, 4.69) is 20.5 Å². The number of pyridine rings is 1. The van der Waals surface area contributed by atoms with Crippen LogP contribution >= 0.6 is 0 Å². The van der Waals surface area contributed by atoms with Gasteiger partial charge in [-0.05, 0) is 29.8 Å². The Labute approximate surface area is 167 Å². The summed E-state index contributed by atoms with van der Waals surface area (Å²) < 4.78 is 38.2. The Kier molecular flexibility index (Phi) is 5.40. The number of hydrogen-bond donors (Lipinski definition) is 2. The van der Waals surface area contributed by atoms with Gasteiger partial charge in [0.25, 0.3) is 0 Å². The largest absolute Gasteiger partial charge is 0.416 e. The van der Waals surface area contributed by atoms with E-state index in [1.807, 2.05) is 42.6 Å². The fraction of sp³-hybridized carbons (Fsp3) is 0.227. The van der Waals surface area contributed by atoms with Crippen LogP contribution in [0, 0.1) is 0 Å². The molecule has 0 spiro atoms. The Bertz CT molecular complexity index is 956. The Morgan fingerprint density at radius 2 is 1.79 bits per heavy atom. The van der Waals surface area contributed by atoms with E-state index in [1.54, 1.807) is 12.1 Å². The molecule has 0 saturated carbocycles. The number of nitrogens with one attached hydrogen (secondary N) is 2. The number of fused-ring (bicyclic) bond motifs is 1. The predicted molar refractivity (Wildman–Crippen MR) is 108 cm³/mol. The molecule has 150 valence electrons. The molecule has 0 amide bonds. The molecule has 7 heteroatoms. The van der Waals surface area contributed by atoms with E-state index in [9.17, 15) is 13.2 Å². The molecule has 2 N–H and O–H groups in total. The van der Waals surface area contributed by atoms with E-state index in [-0.39, 0.29) is 0 Å². The lowest BCUT2D eigenvalue weighted by Crippen LogP contribution is -2.25. The van der Waals surface area contributed by atoms with Gasteiger partial charge in [-0.1, -0.05) is 30.3 Å². The molecule has 0 bridgehead atoms. The fourth-order valence-corrected chi connectivity index (χ4v) is 3.37. The van der Waals surface area contributed by atoms with Crippen molar-refractivity contribution >= 4 is 17.2 Å². The molecular weight excluding hydrogens is 377 g/mol. The minimum Gasteiger partial charge on any atom is -0.383 e. The van der Waals surface area contributed by atoms with E-state index in [4.69, 9.17) is 0 Å². The summed E-state index contributed by atoms with van der Waals surface area (Å²) in [6.07, 6.45) is -2.46. The number of nitrogens with zero attached hydrogens (tertiary/aromatic N) is 2. The highest BCUT2D eigenvalue weighted by Gasteiger charge is 2.30. The molecule has 1 aliphatic heterocycles. The second-order valence-corrected chi connectivity index (χ2v) is 7.05. The van der Waals surface area contributed by atoms with Crippen molar-refractivity contribution in [2.24, 2.45) is 0 Å². The molecule has 4 nitrogen and oxygen atoms in total. The molecule has 0 unspecified atom stereocenters. The smallest absolute Gasteiger partial charge is 0.383 e. The van der Waals surface area contributed by atoms with Gasteiger partial charge in [-0.25, -0.2) is 4.98 Å². The van der Waals surface area contributed by atoms with Crippen molar-refractivity contribution in [3.63, 3.8) is 0 Å². The molecule has 3 aromatic rings. The van der Waals surface area contributed by atoms with Crippen molar-refractivity contribution < 1.29 is 13.2 Å². The van der Waals surface area contributed by atoms with Crippen LogP contribution in [0.4, 0.5) is 30.4 Å². The molecule has 29 heavy (non-hydrogen) atoms. The fourth-order valence-electron chi connectivity index (χ4n) is 3.37. The first-order valence-electron chi connectivity index (χ1n) is 9.41. The summed E-state index contributed by atoms with van der Waals surface area (Å²) in [7, 11) is 0. The van der Waals surface area contributed by atoms with Gasteiger partial charge in [0.1, 0.15) is 5.82 Å². The average Bonchev–Trinajstić information content (AvgIpc) is 2.90. The first-order chi connectivity index (χ1) is 14.0. The van der Waals surface area contributed by atoms with Gasteiger partial charge in [-0.2, -0.15) is 13.2 Å². The SMILES string of the molecule is FC(F)(F)c1ccc(CN2CCNc3cc(Nc4ccccc4)ncc3C2)cc1. The third kappa shape index (κ3) is 4.86. The molecule has 0 aliphatic carbocycles. The normalized spacial score (nSPS) is 14.6. The second-order valence-electron chi connectivity index (χ2n) is 7.05. The maximum Gasteiger partial charge on any atom is 0.416 e. The summed E-state index contributed by atoms with van der Waals surface area (Å²) in [6.45, 7) is 2.81. The van der Waals surface area contributed by atoms with E-state index in [0.29, 0.717) is 13.1 Å². The van der Waals surface area contributed by atoms with Crippen LogP contribution in [0.25, 0.3) is 0 Å². The summed E-state index contributed by atoms with van der Waals surface area (Å²) >= 11 is 0. The van der Waals surface area contributed by atoms with Crippen LogP contribution in [0.5, 0.6) is 0 Å². The van der Waals surface area contributed by atoms with E-state index in [1.165, 1.54) is 0 Å². The average molecular weight is 398 g/mol. The lowest BCUT2D eigenvalue weighted by molar-refractivity contribution is -0.137. The molecule has 0 atom stereocenters. The zero-order valence-electron chi connectivity index (χ0n) is 15.7. The number of hydrogen-bond acceptors (Lipinski definition) is 4. The molecule has 2 aromatic carbocycles. The number of benzene rings is 2. The lowest BCUT2D eigenvalue weighted by atomic mass is 10.1. The van der Waals surface area contributed by atoms with Crippen LogP contribution in [0.1, 0.15) is 16.7 Å². The molecule has 1 aromatic heterocycles. The number of rotatable bonds is 4. The maximum absolute atomic E-state index is 12.7. The van der Waals surface area contributed by atoms with Crippen molar-refractivity contribution in [3.8, 4) is 0 Å². The third-order valence-corrected chi connectivity index (χ3v) is 4.86. The van der Waals surface area contributed by atoms with Crippen molar-refractivity contribution in [1.82, 2.24) is 9.88 Å². The number of halogens is 3. The number of para-hydroxylation sites is 1.